The molecule has 2 N–H and O–H groups in total. The van der Waals surface area contributed by atoms with Crippen LogP contribution in [-0.2, 0) is 26.1 Å². The zero-order chi connectivity index (χ0) is 27.1. The zero-order valence-electron chi connectivity index (χ0n) is 23.1. The third-order valence-electron chi connectivity index (χ3n) is 9.99. The van der Waals surface area contributed by atoms with Crippen LogP contribution in [0.3, 0.4) is 0 Å². The molecule has 7 heteroatoms. The minimum Gasteiger partial charge on any atom is -0.489 e. The second kappa shape index (κ2) is 10.7. The van der Waals surface area contributed by atoms with E-state index >= 15 is 0 Å². The number of halogens is 1. The maximum atomic E-state index is 13.1. The summed E-state index contributed by atoms with van der Waals surface area (Å²) in [5.41, 5.74) is 4.56. The number of nitrogens with zero attached hydrogens (tertiary/aromatic N) is 3. The molecule has 8 rings (SSSR count). The van der Waals surface area contributed by atoms with E-state index in [4.69, 9.17) is 4.74 Å². The van der Waals surface area contributed by atoms with Gasteiger partial charge in [-0.1, -0.05) is 24.3 Å². The van der Waals surface area contributed by atoms with Crippen LogP contribution in [-0.4, -0.2) is 39.2 Å². The minimum absolute atomic E-state index is 0.118. The van der Waals surface area contributed by atoms with Gasteiger partial charge < -0.3 is 15.2 Å². The molecule has 210 valence electrons. The molecule has 4 saturated carbocycles. The molecule has 3 aromatic rings. The molecule has 4 bridgehead atoms. The number of nitrogens with one attached hydrogen (secondary N) is 1. The summed E-state index contributed by atoms with van der Waals surface area (Å²) >= 11 is 0. The van der Waals surface area contributed by atoms with Crippen LogP contribution in [0.4, 0.5) is 10.2 Å². The van der Waals surface area contributed by atoms with Gasteiger partial charge in [0, 0.05) is 31.7 Å². The normalized spacial score (nSPS) is 27.8. The van der Waals surface area contributed by atoms with Gasteiger partial charge in [-0.25, -0.2) is 14.4 Å². The predicted octanol–water partition coefficient (Wildman–Crippen LogP) is 5.74. The van der Waals surface area contributed by atoms with Crippen molar-refractivity contribution in [1.82, 2.24) is 14.9 Å². The van der Waals surface area contributed by atoms with Crippen molar-refractivity contribution >= 4 is 5.82 Å². The van der Waals surface area contributed by atoms with E-state index in [1.807, 2.05) is 12.1 Å². The first-order chi connectivity index (χ1) is 19.5. The van der Waals surface area contributed by atoms with Crippen molar-refractivity contribution in [3.05, 3.63) is 83.1 Å². The molecule has 1 aliphatic heterocycles. The molecule has 2 heterocycles. The molecule has 5 aliphatic rings. The fourth-order valence-electron chi connectivity index (χ4n) is 8.39. The topological polar surface area (TPSA) is 70.5 Å². The Bertz CT molecular complexity index is 1290. The molecule has 2 aromatic carbocycles. The highest BCUT2D eigenvalue weighted by atomic mass is 19.1. The van der Waals surface area contributed by atoms with Gasteiger partial charge in [0.2, 0.25) is 0 Å². The molecule has 1 atom stereocenters. The summed E-state index contributed by atoms with van der Waals surface area (Å²) in [4.78, 5) is 11.6. The van der Waals surface area contributed by atoms with E-state index in [0.29, 0.717) is 13.2 Å². The summed E-state index contributed by atoms with van der Waals surface area (Å²) in [7, 11) is 0. The fraction of sp³-hybridized carbons (Fsp3) is 0.515. The molecule has 40 heavy (non-hydrogen) atoms. The summed E-state index contributed by atoms with van der Waals surface area (Å²) in [6, 6.07) is 14.6. The average Bonchev–Trinajstić information content (AvgIpc) is 2.95. The molecule has 0 spiro atoms. The lowest BCUT2D eigenvalue weighted by molar-refractivity contribution is -0.115. The van der Waals surface area contributed by atoms with Crippen LogP contribution in [0.25, 0.3) is 0 Å². The lowest BCUT2D eigenvalue weighted by atomic mass is 9.48. The van der Waals surface area contributed by atoms with Crippen LogP contribution in [0, 0.1) is 29.0 Å². The van der Waals surface area contributed by atoms with Crippen LogP contribution in [0.15, 0.2) is 54.9 Å². The number of fused-ring (bicyclic) bond motifs is 1. The van der Waals surface area contributed by atoms with E-state index in [1.54, 1.807) is 18.5 Å². The van der Waals surface area contributed by atoms with E-state index in [9.17, 15) is 9.50 Å². The largest absolute Gasteiger partial charge is 0.489 e. The molecular weight excluding hydrogens is 503 g/mol. The summed E-state index contributed by atoms with van der Waals surface area (Å²) in [6.45, 7) is 3.56. The molecular formula is C33H39FN4O2. The van der Waals surface area contributed by atoms with Crippen molar-refractivity contribution in [1.29, 1.82) is 0 Å². The van der Waals surface area contributed by atoms with E-state index in [0.717, 1.165) is 66.6 Å². The average molecular weight is 543 g/mol. The van der Waals surface area contributed by atoms with Gasteiger partial charge in [-0.2, -0.15) is 0 Å². The highest BCUT2D eigenvalue weighted by Crippen LogP contribution is 2.61. The standard InChI is InChI=1S/C33H39FN4O2/c34-27-5-1-23(2-6-27)20-40-28-7-3-22(4-8-28)18-38-10-9-29-30(19-38)36-21-37-32(29)35-17-31(39)33-14-24-11-25(15-33)13-26(12-24)16-33/h1-8,21,24-26,31,39H,9-20H2,(H,35,36,37). The Morgan fingerprint density at radius 2 is 1.62 bits per heavy atom. The number of aliphatic hydroxyl groups is 1. The Labute approximate surface area is 236 Å². The Kier molecular flexibility index (Phi) is 6.96. The van der Waals surface area contributed by atoms with Gasteiger partial charge in [0.25, 0.3) is 0 Å². The Balaban J connectivity index is 0.934. The quantitative estimate of drug-likeness (QED) is 0.359. The molecule has 4 fully saturated rings. The maximum absolute atomic E-state index is 13.1. The van der Waals surface area contributed by atoms with Gasteiger partial charge in [-0.15, -0.1) is 0 Å². The van der Waals surface area contributed by atoms with Crippen molar-refractivity contribution in [3.63, 3.8) is 0 Å². The summed E-state index contributed by atoms with van der Waals surface area (Å²) in [5, 5.41) is 14.9. The minimum atomic E-state index is -0.311. The van der Waals surface area contributed by atoms with E-state index in [2.05, 4.69) is 32.3 Å². The first-order valence-corrected chi connectivity index (χ1v) is 14.9. The number of hydrogen-bond acceptors (Lipinski definition) is 6. The van der Waals surface area contributed by atoms with Crippen LogP contribution in [0.1, 0.15) is 60.9 Å². The van der Waals surface area contributed by atoms with Gasteiger partial charge in [-0.3, -0.25) is 4.90 Å². The first kappa shape index (κ1) is 25.9. The number of anilines is 1. The maximum Gasteiger partial charge on any atom is 0.133 e. The van der Waals surface area contributed by atoms with Crippen LogP contribution in [0.2, 0.25) is 0 Å². The zero-order valence-corrected chi connectivity index (χ0v) is 23.1. The highest BCUT2D eigenvalue weighted by molar-refractivity contribution is 5.47. The van der Waals surface area contributed by atoms with Gasteiger partial charge in [0.05, 0.1) is 11.8 Å². The molecule has 4 aliphatic carbocycles. The highest BCUT2D eigenvalue weighted by Gasteiger charge is 2.53. The van der Waals surface area contributed by atoms with Crippen molar-refractivity contribution in [2.24, 2.45) is 23.2 Å². The third kappa shape index (κ3) is 5.34. The van der Waals surface area contributed by atoms with Gasteiger partial charge in [0.15, 0.2) is 0 Å². The van der Waals surface area contributed by atoms with E-state index in [-0.39, 0.29) is 17.3 Å². The lowest BCUT2D eigenvalue weighted by Gasteiger charge is -2.58. The second-order valence-electron chi connectivity index (χ2n) is 12.8. The van der Waals surface area contributed by atoms with Gasteiger partial charge in [-0.05, 0) is 104 Å². The van der Waals surface area contributed by atoms with E-state index < -0.39 is 0 Å². The number of hydrogen-bond donors (Lipinski definition) is 2. The predicted molar refractivity (Wildman–Crippen MR) is 152 cm³/mol. The first-order valence-electron chi connectivity index (χ1n) is 14.9. The Morgan fingerprint density at radius 1 is 0.950 bits per heavy atom. The molecule has 0 amide bonds. The monoisotopic (exact) mass is 542 g/mol. The number of rotatable bonds is 9. The molecule has 1 unspecified atom stereocenters. The number of aromatic nitrogens is 2. The number of benzene rings is 2. The van der Waals surface area contributed by atoms with Crippen molar-refractivity contribution in [2.45, 2.75) is 70.7 Å². The van der Waals surface area contributed by atoms with Crippen LogP contribution in [0.5, 0.6) is 5.75 Å². The van der Waals surface area contributed by atoms with Gasteiger partial charge >= 0.3 is 0 Å². The van der Waals surface area contributed by atoms with Crippen molar-refractivity contribution in [2.75, 3.05) is 18.4 Å². The van der Waals surface area contributed by atoms with Gasteiger partial charge in [0.1, 0.15) is 30.3 Å². The summed E-state index contributed by atoms with van der Waals surface area (Å²) in [5.74, 6) is 3.97. The SMILES string of the molecule is OC(CNc1ncnc2c1CCN(Cc1ccc(OCc3ccc(F)cc3)cc1)C2)C12CC3CC(CC(C3)C1)C2. The Morgan fingerprint density at radius 3 is 2.33 bits per heavy atom. The van der Waals surface area contributed by atoms with Crippen molar-refractivity contribution in [3.8, 4) is 5.75 Å². The summed E-state index contributed by atoms with van der Waals surface area (Å²) < 4.78 is 19.0. The Hall–Kier alpha value is -3.03. The molecule has 0 saturated heterocycles. The molecule has 1 aromatic heterocycles. The van der Waals surface area contributed by atoms with Crippen LogP contribution >= 0.6 is 0 Å². The second-order valence-corrected chi connectivity index (χ2v) is 12.8. The van der Waals surface area contributed by atoms with E-state index in [1.165, 1.54) is 61.8 Å². The van der Waals surface area contributed by atoms with Crippen LogP contribution < -0.4 is 10.1 Å². The lowest BCUT2D eigenvalue weighted by Crippen LogP contribution is -2.53. The third-order valence-corrected chi connectivity index (χ3v) is 9.99. The van der Waals surface area contributed by atoms with Crippen molar-refractivity contribution < 1.29 is 14.2 Å². The number of ether oxygens (including phenoxy) is 1. The smallest absolute Gasteiger partial charge is 0.133 e. The molecule has 6 nitrogen and oxygen atoms in total. The molecule has 0 radical (unpaired) electrons. The number of aliphatic hydroxyl groups excluding tert-OH is 1. The summed E-state index contributed by atoms with van der Waals surface area (Å²) in [6.07, 6.45) is 10.1. The fourth-order valence-corrected chi connectivity index (χ4v) is 8.39.